The first-order chi connectivity index (χ1) is 27.1. The van der Waals surface area contributed by atoms with Gasteiger partial charge >= 0.3 is 5.97 Å². The molecular weight excluding hydrogens is 736 g/mol. The second-order valence-electron chi connectivity index (χ2n) is 18.3. The molecule has 0 bridgehead atoms. The van der Waals surface area contributed by atoms with Crippen LogP contribution < -0.4 is 20.4 Å². The Morgan fingerprint density at radius 1 is 1.12 bits per heavy atom. The number of allylic oxidation sites excluding steroid dienone is 4. The number of aliphatic hydroxyl groups excluding tert-OH is 1. The molecule has 4 saturated carbocycles. The Morgan fingerprint density at radius 2 is 1.89 bits per heavy atom. The van der Waals surface area contributed by atoms with Crippen molar-refractivity contribution in [3.05, 3.63) is 64.1 Å². The lowest BCUT2D eigenvalue weighted by Crippen LogP contribution is -2.69. The fourth-order valence-electron chi connectivity index (χ4n) is 12.4. The van der Waals surface area contributed by atoms with Crippen LogP contribution in [-0.4, -0.2) is 89.1 Å². The number of pyridine rings is 1. The van der Waals surface area contributed by atoms with E-state index in [0.717, 1.165) is 38.6 Å². The van der Waals surface area contributed by atoms with E-state index in [1.807, 2.05) is 4.90 Å². The van der Waals surface area contributed by atoms with Crippen molar-refractivity contribution in [2.24, 2.45) is 34.5 Å². The molecule has 9 rings (SSSR count). The van der Waals surface area contributed by atoms with E-state index in [-0.39, 0.29) is 41.0 Å². The normalized spacial score (nSPS) is 38.3. The van der Waals surface area contributed by atoms with Gasteiger partial charge in [-0.1, -0.05) is 25.5 Å². The molecule has 5 aliphatic carbocycles. The first kappa shape index (κ1) is 38.6. The van der Waals surface area contributed by atoms with E-state index in [2.05, 4.69) is 5.32 Å². The maximum atomic E-state index is 17.6. The average Bonchev–Trinajstić information content (AvgIpc) is 3.90. The van der Waals surface area contributed by atoms with Crippen molar-refractivity contribution in [1.82, 2.24) is 9.88 Å². The monoisotopic (exact) mass is 788 g/mol. The number of benzene rings is 1. The molecule has 0 amide bonds. The van der Waals surface area contributed by atoms with E-state index in [1.165, 1.54) is 31.5 Å². The number of hydrogen-bond acceptors (Lipinski definition) is 10. The predicted octanol–water partition coefficient (Wildman–Crippen LogP) is 4.95. The minimum Gasteiger partial charge on any atom is -0.492 e. The van der Waals surface area contributed by atoms with Gasteiger partial charge in [-0.3, -0.25) is 14.4 Å². The lowest BCUT2D eigenvalue weighted by molar-refractivity contribution is -0.218. The van der Waals surface area contributed by atoms with Crippen LogP contribution in [0.1, 0.15) is 88.5 Å². The highest BCUT2D eigenvalue weighted by molar-refractivity contribution is 6.01. The molecule has 1 aromatic carbocycles. The van der Waals surface area contributed by atoms with E-state index in [0.29, 0.717) is 55.0 Å². The molecule has 13 heteroatoms. The van der Waals surface area contributed by atoms with Gasteiger partial charge in [0.25, 0.3) is 0 Å². The topological polar surface area (TPSA) is 147 Å². The Morgan fingerprint density at radius 3 is 2.61 bits per heavy atom. The number of Topliss-reactive ketones (excluding diaryl/α,β-unsaturated/α-hetero) is 1. The summed E-state index contributed by atoms with van der Waals surface area (Å²) in [4.78, 5) is 55.9. The number of ether oxygens (including phenoxy) is 2. The van der Waals surface area contributed by atoms with Crippen LogP contribution in [0.4, 0.5) is 14.5 Å². The van der Waals surface area contributed by atoms with Gasteiger partial charge in [0.15, 0.2) is 28.8 Å². The quantitative estimate of drug-likeness (QED) is 0.314. The number of anilines is 1. The lowest BCUT2D eigenvalue weighted by Gasteiger charge is -2.62. The molecule has 2 saturated heterocycles. The van der Waals surface area contributed by atoms with E-state index in [1.54, 1.807) is 31.4 Å². The molecule has 0 spiro atoms. The zero-order chi connectivity index (χ0) is 40.4. The van der Waals surface area contributed by atoms with E-state index in [4.69, 9.17) is 9.47 Å². The van der Waals surface area contributed by atoms with Crippen LogP contribution in [0, 0.1) is 46.7 Å². The second-order valence-corrected chi connectivity index (χ2v) is 18.3. The van der Waals surface area contributed by atoms with Gasteiger partial charge in [-0.2, -0.15) is 0 Å². The van der Waals surface area contributed by atoms with Gasteiger partial charge in [-0.15, -0.1) is 0 Å². The number of halogens is 2. The Labute approximate surface area is 330 Å². The molecule has 6 fully saturated rings. The smallest absolute Gasteiger partial charge is 0.343 e. The van der Waals surface area contributed by atoms with Crippen LogP contribution in [0.15, 0.2) is 40.9 Å². The molecule has 3 N–H and O–H groups in total. The summed E-state index contributed by atoms with van der Waals surface area (Å²) >= 11 is 0. The highest BCUT2D eigenvalue weighted by Gasteiger charge is 2.75. The van der Waals surface area contributed by atoms with Gasteiger partial charge < -0.3 is 34.5 Å². The molecule has 3 heterocycles. The number of carbonyl (C=O) groups excluding carboxylic acids is 3. The number of alkyl halides is 1. The van der Waals surface area contributed by atoms with Gasteiger partial charge in [-0.25, -0.2) is 13.6 Å². The number of fused-ring (bicyclic) bond motifs is 7. The molecule has 2 aliphatic heterocycles. The molecule has 7 aliphatic rings. The highest BCUT2D eigenvalue weighted by Crippen LogP contribution is 2.70. The van der Waals surface area contributed by atoms with Gasteiger partial charge in [0.2, 0.25) is 5.43 Å². The van der Waals surface area contributed by atoms with Gasteiger partial charge in [-0.05, 0) is 101 Å². The molecule has 57 heavy (non-hydrogen) atoms. The fraction of sp³-hybridized carbons (Fsp3) is 0.614. The molecule has 2 aromatic rings. The predicted molar refractivity (Wildman–Crippen MR) is 207 cm³/mol. The summed E-state index contributed by atoms with van der Waals surface area (Å²) < 4.78 is 46.9. The lowest BCUT2D eigenvalue weighted by atomic mass is 9.44. The minimum atomic E-state index is -2.11. The number of aliphatic hydroxyl groups is 2. The summed E-state index contributed by atoms with van der Waals surface area (Å²) in [5.41, 5.74) is -6.20. The van der Waals surface area contributed by atoms with Crippen molar-refractivity contribution in [2.75, 3.05) is 38.3 Å². The molecule has 10 atom stereocenters. The Bertz CT molecular complexity index is 2190. The number of piperidine rings is 1. The van der Waals surface area contributed by atoms with Crippen LogP contribution in [0.25, 0.3) is 10.9 Å². The summed E-state index contributed by atoms with van der Waals surface area (Å²) in [5.74, 6) is -3.67. The van der Waals surface area contributed by atoms with Crippen molar-refractivity contribution in [3.63, 3.8) is 0 Å². The zero-order valence-corrected chi connectivity index (χ0v) is 33.0. The van der Waals surface area contributed by atoms with Crippen LogP contribution in [0.3, 0.4) is 0 Å². The summed E-state index contributed by atoms with van der Waals surface area (Å²) in [6.07, 6.45) is 10.0. The average molecular weight is 789 g/mol. The first-order valence-corrected chi connectivity index (χ1v) is 20.6. The Kier molecular flexibility index (Phi) is 8.99. The third-order valence-corrected chi connectivity index (χ3v) is 15.6. The van der Waals surface area contributed by atoms with E-state index >= 15 is 8.78 Å². The number of esters is 1. The maximum Gasteiger partial charge on any atom is 0.343 e. The molecule has 11 nitrogen and oxygen atoms in total. The van der Waals surface area contributed by atoms with Crippen LogP contribution in [-0.2, 0) is 14.3 Å². The molecule has 305 valence electrons. The van der Waals surface area contributed by atoms with Crippen molar-refractivity contribution < 1.29 is 42.9 Å². The number of ketones is 2. The number of nitrogens with one attached hydrogen (secondary N) is 1. The van der Waals surface area contributed by atoms with Crippen LogP contribution in [0.5, 0.6) is 5.75 Å². The fourth-order valence-corrected chi connectivity index (χ4v) is 12.4. The van der Waals surface area contributed by atoms with E-state index < -0.39 is 75.6 Å². The summed E-state index contributed by atoms with van der Waals surface area (Å²) in [5, 5.41) is 27.6. The van der Waals surface area contributed by atoms with Crippen LogP contribution in [0.2, 0.25) is 0 Å². The van der Waals surface area contributed by atoms with Crippen LogP contribution >= 0.6 is 0 Å². The number of nitrogens with zero attached hydrogens (tertiary/aromatic N) is 2. The number of methoxy groups -OCH3 is 1. The standard InChI is InChI=1S/C44H52F2N3O8/c1-23-16-31-30-10-7-25-17-27(50)11-13-41(25,2)43(30,46)35(52)19-42(31,3)44(23,55)34(51)12-15-57-40(54)29-21-49(26-8-9-26)36-28(38(29)53)18-32(45)37(39(36)56-4)48-20-24-6-5-14-47-33(24)22-48/h11-13,17-18,21,23-24,26,30-31,33,35,47,52,55H,5-10,14-16,19-20,22H2,1-4H3/t23-,24?,30?,31?,33?,35+,41+,42+,43+,44+/m1/s1. The van der Waals surface area contributed by atoms with Gasteiger partial charge in [0.05, 0.1) is 30.5 Å². The first-order valence-electron chi connectivity index (χ1n) is 20.6. The van der Waals surface area contributed by atoms with Crippen molar-refractivity contribution in [3.8, 4) is 5.75 Å². The molecule has 1 radical (unpaired) electrons. The number of aromatic nitrogens is 1. The highest BCUT2D eigenvalue weighted by atomic mass is 19.1. The third-order valence-electron chi connectivity index (χ3n) is 15.6. The third kappa shape index (κ3) is 5.36. The summed E-state index contributed by atoms with van der Waals surface area (Å²) in [6.45, 7) is 6.83. The van der Waals surface area contributed by atoms with E-state index in [9.17, 15) is 29.4 Å². The number of carbonyl (C=O) groups is 3. The number of rotatable bonds is 8. The molecule has 4 unspecified atom stereocenters. The summed E-state index contributed by atoms with van der Waals surface area (Å²) in [7, 11) is 1.46. The van der Waals surface area contributed by atoms with Crippen molar-refractivity contribution in [2.45, 2.75) is 102 Å². The second kappa shape index (κ2) is 13.3. The van der Waals surface area contributed by atoms with Crippen molar-refractivity contribution >= 4 is 34.1 Å². The Hall–Kier alpha value is -3.94. The summed E-state index contributed by atoms with van der Waals surface area (Å²) in [6, 6.07) is 1.39. The van der Waals surface area contributed by atoms with Gasteiger partial charge in [0, 0.05) is 48.1 Å². The maximum absolute atomic E-state index is 17.6. The zero-order valence-electron chi connectivity index (χ0n) is 33.0. The molecular formula is C44H52F2N3O8. The SMILES string of the molecule is COc1c(N2CC3CCCNC3C2)c(F)cc2c(=O)c(C(=O)OC[CH]C(=O)[C@@]3(O)[C@H](C)CC4C5CCC6=CC(=O)C=C[C@]6(C)[C@@]5(F)[C@@H](O)C[C@@]43C)cn(C3CC3)c12. The molecule has 1 aromatic heterocycles. The van der Waals surface area contributed by atoms with Gasteiger partial charge in [0.1, 0.15) is 23.5 Å². The van der Waals surface area contributed by atoms with Crippen molar-refractivity contribution in [1.29, 1.82) is 0 Å². The number of hydrogen-bond donors (Lipinski definition) is 3. The minimum absolute atomic E-state index is 0.00778. The largest absolute Gasteiger partial charge is 0.492 e. The Balaban J connectivity index is 0.953.